The molecule has 1 aromatic rings. The number of alkyl halides is 3. The van der Waals surface area contributed by atoms with Gasteiger partial charge in [0.05, 0.1) is 0 Å². The summed E-state index contributed by atoms with van der Waals surface area (Å²) >= 11 is 0. The van der Waals surface area contributed by atoms with Gasteiger partial charge in [-0.1, -0.05) is 0 Å². The Balaban J connectivity index is 3.13. The molecule has 0 radical (unpaired) electrons. The van der Waals surface area contributed by atoms with Gasteiger partial charge in [0.15, 0.2) is 5.75 Å². The lowest BCUT2D eigenvalue weighted by atomic mass is 10.3. The Morgan fingerprint density at radius 1 is 1.50 bits per heavy atom. The van der Waals surface area contributed by atoms with E-state index in [1.54, 1.807) is 0 Å². The van der Waals surface area contributed by atoms with E-state index in [1.165, 1.54) is 6.07 Å². The van der Waals surface area contributed by atoms with E-state index in [-0.39, 0.29) is 5.56 Å². The van der Waals surface area contributed by atoms with E-state index < -0.39 is 17.7 Å². The van der Waals surface area contributed by atoms with Gasteiger partial charge in [0.1, 0.15) is 11.6 Å². The average molecular weight is 204 g/mol. The second-order valence-corrected chi connectivity index (χ2v) is 2.23. The minimum atomic E-state index is -4.92. The molecule has 4 nitrogen and oxygen atoms in total. The molecule has 0 aliphatic carbocycles. The molecule has 0 atom stereocenters. The van der Waals surface area contributed by atoms with Crippen molar-refractivity contribution in [2.75, 3.05) is 0 Å². The number of rotatable bonds is 1. The highest BCUT2D eigenvalue weighted by molar-refractivity contribution is 5.40. The summed E-state index contributed by atoms with van der Waals surface area (Å²) in [6.07, 6.45) is -4.07. The van der Waals surface area contributed by atoms with Crippen LogP contribution in [0.2, 0.25) is 0 Å². The molecule has 0 unspecified atom stereocenters. The number of nitrogens with zero attached hydrogens (tertiary/aromatic N) is 1. The number of aromatic amines is 1. The third-order valence-corrected chi connectivity index (χ3v) is 1.23. The van der Waals surface area contributed by atoms with Crippen LogP contribution in [-0.4, -0.2) is 11.3 Å². The zero-order valence-electron chi connectivity index (χ0n) is 6.55. The first-order chi connectivity index (χ1) is 6.42. The molecule has 1 rings (SSSR count). The monoisotopic (exact) mass is 204 g/mol. The highest BCUT2D eigenvalue weighted by Gasteiger charge is 2.32. The summed E-state index contributed by atoms with van der Waals surface area (Å²) in [5.74, 6) is -0.802. The summed E-state index contributed by atoms with van der Waals surface area (Å²) < 4.78 is 38.7. The Hall–Kier alpha value is -1.97. The van der Waals surface area contributed by atoms with Crippen LogP contribution in [-0.2, 0) is 0 Å². The van der Waals surface area contributed by atoms with Gasteiger partial charge in [0, 0.05) is 12.3 Å². The Kier molecular flexibility index (Phi) is 2.47. The number of ether oxygens (including phenoxy) is 1. The maximum atomic E-state index is 11.7. The maximum absolute atomic E-state index is 11.7. The van der Waals surface area contributed by atoms with Crippen molar-refractivity contribution in [2.24, 2.45) is 0 Å². The van der Waals surface area contributed by atoms with Crippen LogP contribution in [0.25, 0.3) is 0 Å². The number of aromatic nitrogens is 1. The largest absolute Gasteiger partial charge is 0.573 e. The molecule has 1 aromatic heterocycles. The number of nitriles is 1. The van der Waals surface area contributed by atoms with Gasteiger partial charge in [-0.2, -0.15) is 5.26 Å². The van der Waals surface area contributed by atoms with E-state index in [9.17, 15) is 18.0 Å². The molecule has 0 amide bonds. The number of H-pyrrole nitrogens is 1. The van der Waals surface area contributed by atoms with Gasteiger partial charge in [-0.15, -0.1) is 13.2 Å². The van der Waals surface area contributed by atoms with E-state index in [2.05, 4.69) is 9.72 Å². The zero-order chi connectivity index (χ0) is 10.8. The van der Waals surface area contributed by atoms with Crippen molar-refractivity contribution in [2.45, 2.75) is 6.36 Å². The first-order valence-corrected chi connectivity index (χ1v) is 3.31. The average Bonchev–Trinajstić information content (AvgIpc) is 2.01. The van der Waals surface area contributed by atoms with Gasteiger partial charge < -0.3 is 9.72 Å². The van der Waals surface area contributed by atoms with Crippen molar-refractivity contribution < 1.29 is 17.9 Å². The van der Waals surface area contributed by atoms with Crippen molar-refractivity contribution in [3.05, 3.63) is 28.2 Å². The molecule has 1 heterocycles. The Labute approximate surface area is 75.5 Å². The molecular weight excluding hydrogens is 201 g/mol. The third kappa shape index (κ3) is 2.52. The van der Waals surface area contributed by atoms with Crippen LogP contribution >= 0.6 is 0 Å². The van der Waals surface area contributed by atoms with Gasteiger partial charge in [-0.05, 0) is 0 Å². The fourth-order valence-corrected chi connectivity index (χ4v) is 0.749. The molecule has 74 valence electrons. The SMILES string of the molecule is N#Cc1c[nH]c(=O)cc1OC(F)(F)F. The van der Waals surface area contributed by atoms with E-state index in [0.29, 0.717) is 6.07 Å². The summed E-state index contributed by atoms with van der Waals surface area (Å²) in [4.78, 5) is 12.7. The quantitative estimate of drug-likeness (QED) is 0.745. The minimum Gasteiger partial charge on any atom is -0.404 e. The molecule has 0 aromatic carbocycles. The first-order valence-electron chi connectivity index (χ1n) is 3.31. The molecular formula is C7H3F3N2O2. The number of pyridine rings is 1. The van der Waals surface area contributed by atoms with E-state index >= 15 is 0 Å². The smallest absolute Gasteiger partial charge is 0.404 e. The Bertz CT molecular complexity index is 430. The van der Waals surface area contributed by atoms with E-state index in [1.807, 2.05) is 0 Å². The van der Waals surface area contributed by atoms with Crippen molar-refractivity contribution in [1.82, 2.24) is 4.98 Å². The van der Waals surface area contributed by atoms with Crippen LogP contribution in [0.1, 0.15) is 5.56 Å². The molecule has 0 saturated carbocycles. The summed E-state index contributed by atoms with van der Waals surface area (Å²) in [5, 5.41) is 8.39. The second kappa shape index (κ2) is 3.41. The van der Waals surface area contributed by atoms with Gasteiger partial charge in [-0.25, -0.2) is 0 Å². The predicted molar refractivity (Wildman–Crippen MR) is 38.5 cm³/mol. The van der Waals surface area contributed by atoms with Crippen LogP contribution < -0.4 is 10.3 Å². The van der Waals surface area contributed by atoms with Gasteiger partial charge in [-0.3, -0.25) is 4.79 Å². The number of hydrogen-bond acceptors (Lipinski definition) is 3. The van der Waals surface area contributed by atoms with Gasteiger partial charge in [0.2, 0.25) is 0 Å². The molecule has 0 bridgehead atoms. The lowest BCUT2D eigenvalue weighted by Crippen LogP contribution is -2.19. The van der Waals surface area contributed by atoms with Gasteiger partial charge in [0.25, 0.3) is 5.56 Å². The summed E-state index contributed by atoms with van der Waals surface area (Å²) in [6, 6.07) is 2.01. The lowest BCUT2D eigenvalue weighted by Gasteiger charge is -2.08. The molecule has 0 spiro atoms. The van der Waals surface area contributed by atoms with Crippen molar-refractivity contribution >= 4 is 0 Å². The molecule has 14 heavy (non-hydrogen) atoms. The Morgan fingerprint density at radius 2 is 2.14 bits per heavy atom. The summed E-state index contributed by atoms with van der Waals surface area (Å²) in [5.41, 5.74) is -1.16. The van der Waals surface area contributed by atoms with Crippen LogP contribution in [0.5, 0.6) is 5.75 Å². The second-order valence-electron chi connectivity index (χ2n) is 2.23. The normalized spacial score (nSPS) is 10.7. The summed E-state index contributed by atoms with van der Waals surface area (Å²) in [7, 11) is 0. The molecule has 0 fully saturated rings. The molecule has 0 aliphatic rings. The van der Waals surface area contributed by atoms with E-state index in [0.717, 1.165) is 6.20 Å². The number of nitrogens with one attached hydrogen (secondary N) is 1. The fraction of sp³-hybridized carbons (Fsp3) is 0.143. The first kappa shape index (κ1) is 10.1. The predicted octanol–water partition coefficient (Wildman–Crippen LogP) is 1.15. The van der Waals surface area contributed by atoms with Crippen LogP contribution in [0, 0.1) is 11.3 Å². The molecule has 0 aliphatic heterocycles. The highest BCUT2D eigenvalue weighted by Crippen LogP contribution is 2.23. The van der Waals surface area contributed by atoms with Crippen LogP contribution in [0.4, 0.5) is 13.2 Å². The molecule has 0 saturated heterocycles. The van der Waals surface area contributed by atoms with E-state index in [4.69, 9.17) is 5.26 Å². The van der Waals surface area contributed by atoms with Crippen molar-refractivity contribution in [1.29, 1.82) is 5.26 Å². The van der Waals surface area contributed by atoms with Crippen molar-refractivity contribution in [3.63, 3.8) is 0 Å². The number of halogens is 3. The summed E-state index contributed by atoms with van der Waals surface area (Å²) in [6.45, 7) is 0. The van der Waals surface area contributed by atoms with Crippen LogP contribution in [0.15, 0.2) is 17.1 Å². The topological polar surface area (TPSA) is 65.9 Å². The van der Waals surface area contributed by atoms with Gasteiger partial charge >= 0.3 is 6.36 Å². The zero-order valence-corrected chi connectivity index (χ0v) is 6.55. The third-order valence-electron chi connectivity index (χ3n) is 1.23. The molecule has 7 heteroatoms. The Morgan fingerprint density at radius 3 is 2.64 bits per heavy atom. The fourth-order valence-electron chi connectivity index (χ4n) is 0.749. The van der Waals surface area contributed by atoms with Crippen molar-refractivity contribution in [3.8, 4) is 11.8 Å². The number of hydrogen-bond donors (Lipinski definition) is 1. The lowest BCUT2D eigenvalue weighted by molar-refractivity contribution is -0.274. The van der Waals surface area contributed by atoms with Crippen LogP contribution in [0.3, 0.4) is 0 Å². The minimum absolute atomic E-state index is 0.387. The molecule has 1 N–H and O–H groups in total. The maximum Gasteiger partial charge on any atom is 0.573 e. The highest BCUT2D eigenvalue weighted by atomic mass is 19.4. The standard InChI is InChI=1S/C7H3F3N2O2/c8-7(9,10)14-5-1-6(13)12-3-4(5)2-11/h1,3H,(H,12,13).